The van der Waals surface area contributed by atoms with Crippen LogP contribution in [0.25, 0.3) is 12.2 Å². The standard InChI is InChI=1S/C12H11N3/c13-11-5-2-10(3-6-11)4-7-12-14-8-1-9-15-12/h1-9H,13H2. The van der Waals surface area contributed by atoms with Gasteiger partial charge in [-0.05, 0) is 29.8 Å². The third-order valence-electron chi connectivity index (χ3n) is 1.95. The number of nitrogens with two attached hydrogens (primary N) is 1. The Bertz CT molecular complexity index is 446. The van der Waals surface area contributed by atoms with Crippen molar-refractivity contribution in [3.8, 4) is 0 Å². The zero-order chi connectivity index (χ0) is 10.5. The van der Waals surface area contributed by atoms with Crippen LogP contribution in [-0.4, -0.2) is 9.97 Å². The van der Waals surface area contributed by atoms with Gasteiger partial charge in [-0.3, -0.25) is 0 Å². The summed E-state index contributed by atoms with van der Waals surface area (Å²) in [4.78, 5) is 8.18. The van der Waals surface area contributed by atoms with E-state index in [0.29, 0.717) is 5.82 Å². The molecule has 0 saturated heterocycles. The molecule has 3 heteroatoms. The van der Waals surface area contributed by atoms with Gasteiger partial charge >= 0.3 is 0 Å². The van der Waals surface area contributed by atoms with Gasteiger partial charge < -0.3 is 5.73 Å². The Kier molecular flexibility index (Phi) is 2.74. The monoisotopic (exact) mass is 197 g/mol. The van der Waals surface area contributed by atoms with Gasteiger partial charge in [-0.2, -0.15) is 0 Å². The van der Waals surface area contributed by atoms with Gasteiger partial charge in [0.2, 0.25) is 0 Å². The quantitative estimate of drug-likeness (QED) is 0.751. The van der Waals surface area contributed by atoms with E-state index in [9.17, 15) is 0 Å². The van der Waals surface area contributed by atoms with Crippen LogP contribution in [0.2, 0.25) is 0 Å². The first-order chi connectivity index (χ1) is 7.34. The van der Waals surface area contributed by atoms with Crippen LogP contribution in [0.3, 0.4) is 0 Å². The summed E-state index contributed by atoms with van der Waals surface area (Å²) in [6.45, 7) is 0. The fourth-order valence-electron chi connectivity index (χ4n) is 1.17. The molecule has 1 heterocycles. The lowest BCUT2D eigenvalue weighted by molar-refractivity contribution is 1.14. The molecule has 3 nitrogen and oxygen atoms in total. The lowest BCUT2D eigenvalue weighted by Crippen LogP contribution is -1.84. The minimum absolute atomic E-state index is 0.703. The van der Waals surface area contributed by atoms with E-state index >= 15 is 0 Å². The normalized spacial score (nSPS) is 10.7. The topological polar surface area (TPSA) is 51.8 Å². The molecule has 0 radical (unpaired) electrons. The fourth-order valence-corrected chi connectivity index (χ4v) is 1.17. The summed E-state index contributed by atoms with van der Waals surface area (Å²) in [7, 11) is 0. The summed E-state index contributed by atoms with van der Waals surface area (Å²) < 4.78 is 0. The lowest BCUT2D eigenvalue weighted by Gasteiger charge is -1.94. The number of rotatable bonds is 2. The van der Waals surface area contributed by atoms with E-state index in [1.807, 2.05) is 36.4 Å². The highest BCUT2D eigenvalue weighted by Crippen LogP contribution is 2.08. The zero-order valence-electron chi connectivity index (χ0n) is 8.17. The molecule has 2 N–H and O–H groups in total. The van der Waals surface area contributed by atoms with Gasteiger partial charge in [-0.15, -0.1) is 0 Å². The predicted octanol–water partition coefficient (Wildman–Crippen LogP) is 2.23. The second kappa shape index (κ2) is 4.37. The molecular weight excluding hydrogens is 186 g/mol. The van der Waals surface area contributed by atoms with Crippen LogP contribution >= 0.6 is 0 Å². The van der Waals surface area contributed by atoms with Gasteiger partial charge in [0.15, 0.2) is 5.82 Å². The Morgan fingerprint density at radius 1 is 0.933 bits per heavy atom. The van der Waals surface area contributed by atoms with Gasteiger partial charge in [-0.25, -0.2) is 9.97 Å². The second-order valence-corrected chi connectivity index (χ2v) is 3.11. The van der Waals surface area contributed by atoms with Crippen molar-refractivity contribution in [1.82, 2.24) is 9.97 Å². The molecule has 2 aromatic rings. The van der Waals surface area contributed by atoms with Crippen molar-refractivity contribution in [3.05, 3.63) is 54.1 Å². The Morgan fingerprint density at radius 3 is 2.27 bits per heavy atom. The second-order valence-electron chi connectivity index (χ2n) is 3.11. The maximum Gasteiger partial charge on any atom is 0.151 e. The molecule has 0 aliphatic rings. The number of nitrogens with zero attached hydrogens (tertiary/aromatic N) is 2. The molecule has 0 bridgehead atoms. The van der Waals surface area contributed by atoms with E-state index in [1.165, 1.54) is 0 Å². The lowest BCUT2D eigenvalue weighted by atomic mass is 10.2. The zero-order valence-corrected chi connectivity index (χ0v) is 8.17. The molecule has 0 spiro atoms. The molecule has 0 aliphatic carbocycles. The number of hydrogen-bond donors (Lipinski definition) is 1. The van der Waals surface area contributed by atoms with Crippen LogP contribution in [0, 0.1) is 0 Å². The Balaban J connectivity index is 2.15. The number of nitrogen functional groups attached to an aromatic ring is 1. The first kappa shape index (κ1) is 9.40. The number of anilines is 1. The molecule has 15 heavy (non-hydrogen) atoms. The summed E-state index contributed by atoms with van der Waals surface area (Å²) in [5.74, 6) is 0.703. The minimum atomic E-state index is 0.703. The van der Waals surface area contributed by atoms with Gasteiger partial charge in [0.25, 0.3) is 0 Å². The van der Waals surface area contributed by atoms with Crippen LogP contribution < -0.4 is 5.73 Å². The van der Waals surface area contributed by atoms with Crippen molar-refractivity contribution in [2.45, 2.75) is 0 Å². The van der Waals surface area contributed by atoms with E-state index in [4.69, 9.17) is 5.73 Å². The van der Waals surface area contributed by atoms with Crippen molar-refractivity contribution in [2.75, 3.05) is 5.73 Å². The van der Waals surface area contributed by atoms with Gasteiger partial charge in [0.05, 0.1) is 0 Å². The molecule has 0 atom stereocenters. The van der Waals surface area contributed by atoms with E-state index in [1.54, 1.807) is 18.5 Å². The summed E-state index contributed by atoms with van der Waals surface area (Å²) >= 11 is 0. The molecule has 0 unspecified atom stereocenters. The van der Waals surface area contributed by atoms with Gasteiger partial charge in [0, 0.05) is 18.1 Å². The molecule has 0 aliphatic heterocycles. The van der Waals surface area contributed by atoms with Crippen molar-refractivity contribution in [3.63, 3.8) is 0 Å². The molecule has 1 aromatic carbocycles. The number of benzene rings is 1. The highest BCUT2D eigenvalue weighted by atomic mass is 14.8. The fraction of sp³-hybridized carbons (Fsp3) is 0. The van der Waals surface area contributed by atoms with Crippen LogP contribution in [0.5, 0.6) is 0 Å². The van der Waals surface area contributed by atoms with E-state index in [2.05, 4.69) is 9.97 Å². The molecular formula is C12H11N3. The first-order valence-electron chi connectivity index (χ1n) is 4.65. The highest BCUT2D eigenvalue weighted by Gasteiger charge is 1.88. The molecule has 1 aromatic heterocycles. The maximum absolute atomic E-state index is 5.59. The molecule has 74 valence electrons. The smallest absolute Gasteiger partial charge is 0.151 e. The summed E-state index contributed by atoms with van der Waals surface area (Å²) in [6.07, 6.45) is 7.26. The van der Waals surface area contributed by atoms with Crippen molar-refractivity contribution >= 4 is 17.8 Å². The molecule has 2 rings (SSSR count). The Labute approximate surface area is 88.3 Å². The van der Waals surface area contributed by atoms with Crippen molar-refractivity contribution in [2.24, 2.45) is 0 Å². The van der Waals surface area contributed by atoms with Crippen LogP contribution in [0.1, 0.15) is 11.4 Å². The van der Waals surface area contributed by atoms with Gasteiger partial charge in [0.1, 0.15) is 0 Å². The Hall–Kier alpha value is -2.16. The number of hydrogen-bond acceptors (Lipinski definition) is 3. The Morgan fingerprint density at radius 2 is 1.60 bits per heavy atom. The van der Waals surface area contributed by atoms with Crippen LogP contribution in [-0.2, 0) is 0 Å². The maximum atomic E-state index is 5.59. The number of aromatic nitrogens is 2. The van der Waals surface area contributed by atoms with Crippen molar-refractivity contribution < 1.29 is 0 Å². The SMILES string of the molecule is Nc1ccc(C=Cc2ncccn2)cc1. The van der Waals surface area contributed by atoms with E-state index < -0.39 is 0 Å². The van der Waals surface area contributed by atoms with Crippen molar-refractivity contribution in [1.29, 1.82) is 0 Å². The van der Waals surface area contributed by atoms with Crippen LogP contribution in [0.4, 0.5) is 5.69 Å². The summed E-state index contributed by atoms with van der Waals surface area (Å²) in [5, 5.41) is 0. The molecule has 0 saturated carbocycles. The highest BCUT2D eigenvalue weighted by molar-refractivity contribution is 5.67. The van der Waals surface area contributed by atoms with Gasteiger partial charge in [-0.1, -0.05) is 18.2 Å². The van der Waals surface area contributed by atoms with Crippen LogP contribution in [0.15, 0.2) is 42.7 Å². The third-order valence-corrected chi connectivity index (χ3v) is 1.95. The predicted molar refractivity (Wildman–Crippen MR) is 61.8 cm³/mol. The average Bonchev–Trinajstić information content (AvgIpc) is 2.30. The third kappa shape index (κ3) is 2.64. The average molecular weight is 197 g/mol. The largest absolute Gasteiger partial charge is 0.399 e. The first-order valence-corrected chi connectivity index (χ1v) is 4.65. The van der Waals surface area contributed by atoms with E-state index in [-0.39, 0.29) is 0 Å². The summed E-state index contributed by atoms with van der Waals surface area (Å²) in [5.41, 5.74) is 7.43. The molecule has 0 amide bonds. The minimum Gasteiger partial charge on any atom is -0.399 e. The molecule has 0 fully saturated rings. The summed E-state index contributed by atoms with van der Waals surface area (Å²) in [6, 6.07) is 9.43. The van der Waals surface area contributed by atoms with E-state index in [0.717, 1.165) is 11.3 Å².